The lowest BCUT2D eigenvalue weighted by atomic mass is 10.1. The van der Waals surface area contributed by atoms with E-state index in [0.29, 0.717) is 23.7 Å². The molecule has 0 bridgehead atoms. The second-order valence-corrected chi connectivity index (χ2v) is 5.30. The summed E-state index contributed by atoms with van der Waals surface area (Å²) in [4.78, 5) is 0. The topological polar surface area (TPSA) is 70.6 Å². The average molecular weight is 324 g/mol. The number of nitrogens with two attached hydrogens (primary N) is 1. The third-order valence-electron chi connectivity index (χ3n) is 3.05. The largest absolute Gasteiger partial charge is 0.409 e. The van der Waals surface area contributed by atoms with E-state index in [2.05, 4.69) is 10.5 Å². The Labute approximate surface area is 133 Å². The predicted octanol–water partition coefficient (Wildman–Crippen LogP) is 3.38. The summed E-state index contributed by atoms with van der Waals surface area (Å²) in [6, 6.07) is 12.9. The zero-order chi connectivity index (χ0) is 15.2. The van der Waals surface area contributed by atoms with Crippen LogP contribution in [-0.2, 0) is 13.1 Å². The monoisotopic (exact) mass is 323 g/mol. The van der Waals surface area contributed by atoms with Gasteiger partial charge in [-0.05, 0) is 23.3 Å². The van der Waals surface area contributed by atoms with Crippen molar-refractivity contribution in [3.63, 3.8) is 0 Å². The van der Waals surface area contributed by atoms with Gasteiger partial charge in [0.25, 0.3) is 0 Å². The Bertz CT molecular complexity index is 659. The first-order valence-corrected chi connectivity index (χ1v) is 7.08. The minimum absolute atomic E-state index is 0.0347. The average Bonchev–Trinajstić information content (AvgIpc) is 2.50. The number of rotatable bonds is 5. The first-order chi connectivity index (χ1) is 10.1. The summed E-state index contributed by atoms with van der Waals surface area (Å²) in [7, 11) is 0. The SMILES string of the molecule is N/C(=N/O)c1ccc(CNCc2ccccc2Cl)c(Cl)c1. The maximum Gasteiger partial charge on any atom is 0.170 e. The molecule has 0 saturated carbocycles. The molecule has 21 heavy (non-hydrogen) atoms. The molecule has 0 fully saturated rings. The van der Waals surface area contributed by atoms with Crippen LogP contribution in [0, 0.1) is 0 Å². The van der Waals surface area contributed by atoms with Gasteiger partial charge in [0.15, 0.2) is 5.84 Å². The molecule has 0 unspecified atom stereocenters. The lowest BCUT2D eigenvalue weighted by molar-refractivity contribution is 0.318. The minimum atomic E-state index is 0.0347. The first kappa shape index (κ1) is 15.6. The summed E-state index contributed by atoms with van der Waals surface area (Å²) in [5.41, 5.74) is 8.06. The number of amidine groups is 1. The van der Waals surface area contributed by atoms with Crippen LogP contribution in [0.5, 0.6) is 0 Å². The van der Waals surface area contributed by atoms with Gasteiger partial charge >= 0.3 is 0 Å². The highest BCUT2D eigenvalue weighted by molar-refractivity contribution is 6.32. The molecule has 0 saturated heterocycles. The summed E-state index contributed by atoms with van der Waals surface area (Å²) in [5, 5.41) is 16.2. The van der Waals surface area contributed by atoms with E-state index in [4.69, 9.17) is 34.1 Å². The van der Waals surface area contributed by atoms with Crippen LogP contribution < -0.4 is 11.1 Å². The van der Waals surface area contributed by atoms with Crippen molar-refractivity contribution in [1.29, 1.82) is 0 Å². The Morgan fingerprint density at radius 2 is 1.71 bits per heavy atom. The molecule has 4 N–H and O–H groups in total. The number of halogens is 2. The predicted molar refractivity (Wildman–Crippen MR) is 86.0 cm³/mol. The van der Waals surface area contributed by atoms with E-state index < -0.39 is 0 Å². The van der Waals surface area contributed by atoms with Crippen molar-refractivity contribution in [3.8, 4) is 0 Å². The molecule has 0 heterocycles. The Morgan fingerprint density at radius 3 is 2.33 bits per heavy atom. The van der Waals surface area contributed by atoms with E-state index in [1.165, 1.54) is 0 Å². The smallest absolute Gasteiger partial charge is 0.170 e. The number of nitrogens with one attached hydrogen (secondary N) is 1. The van der Waals surface area contributed by atoms with Gasteiger partial charge in [-0.3, -0.25) is 0 Å². The Balaban J connectivity index is 1.99. The van der Waals surface area contributed by atoms with Gasteiger partial charge in [0.1, 0.15) is 0 Å². The van der Waals surface area contributed by atoms with Gasteiger partial charge in [-0.15, -0.1) is 0 Å². The van der Waals surface area contributed by atoms with Crippen LogP contribution in [-0.4, -0.2) is 11.0 Å². The van der Waals surface area contributed by atoms with Gasteiger partial charge in [0.2, 0.25) is 0 Å². The van der Waals surface area contributed by atoms with Crippen LogP contribution in [0.3, 0.4) is 0 Å². The van der Waals surface area contributed by atoms with Crippen molar-refractivity contribution in [3.05, 3.63) is 69.2 Å². The summed E-state index contributed by atoms with van der Waals surface area (Å²) >= 11 is 12.3. The van der Waals surface area contributed by atoms with Crippen molar-refractivity contribution >= 4 is 29.0 Å². The van der Waals surface area contributed by atoms with Gasteiger partial charge in [-0.25, -0.2) is 0 Å². The molecular weight excluding hydrogens is 309 g/mol. The molecule has 2 rings (SSSR count). The molecule has 6 heteroatoms. The van der Waals surface area contributed by atoms with Gasteiger partial charge in [-0.1, -0.05) is 58.7 Å². The van der Waals surface area contributed by atoms with E-state index >= 15 is 0 Å². The fourth-order valence-electron chi connectivity index (χ4n) is 1.88. The van der Waals surface area contributed by atoms with E-state index in [-0.39, 0.29) is 5.84 Å². The zero-order valence-corrected chi connectivity index (χ0v) is 12.7. The molecule has 0 radical (unpaired) electrons. The normalized spacial score (nSPS) is 11.6. The third-order valence-corrected chi connectivity index (χ3v) is 3.77. The van der Waals surface area contributed by atoms with E-state index in [0.717, 1.165) is 16.1 Å². The van der Waals surface area contributed by atoms with Crippen LogP contribution in [0.25, 0.3) is 0 Å². The third kappa shape index (κ3) is 4.11. The lowest BCUT2D eigenvalue weighted by Gasteiger charge is -2.09. The number of hydrogen-bond donors (Lipinski definition) is 3. The van der Waals surface area contributed by atoms with E-state index in [1.807, 2.05) is 30.3 Å². The number of benzene rings is 2. The summed E-state index contributed by atoms with van der Waals surface area (Å²) in [6.45, 7) is 1.25. The highest BCUT2D eigenvalue weighted by Gasteiger charge is 2.05. The van der Waals surface area contributed by atoms with Crippen molar-refractivity contribution in [2.75, 3.05) is 0 Å². The van der Waals surface area contributed by atoms with Crippen molar-refractivity contribution < 1.29 is 5.21 Å². The molecule has 110 valence electrons. The highest BCUT2D eigenvalue weighted by atomic mass is 35.5. The summed E-state index contributed by atoms with van der Waals surface area (Å²) in [6.07, 6.45) is 0. The van der Waals surface area contributed by atoms with E-state index in [1.54, 1.807) is 12.1 Å². The minimum Gasteiger partial charge on any atom is -0.409 e. The molecule has 0 aliphatic carbocycles. The van der Waals surface area contributed by atoms with Crippen molar-refractivity contribution in [2.24, 2.45) is 10.9 Å². The number of hydrogen-bond acceptors (Lipinski definition) is 3. The fraction of sp³-hybridized carbons (Fsp3) is 0.133. The Hall–Kier alpha value is -1.75. The molecule has 0 amide bonds. The van der Waals surface area contributed by atoms with Gasteiger partial charge in [0.05, 0.1) is 0 Å². The van der Waals surface area contributed by atoms with Crippen LogP contribution in [0.15, 0.2) is 47.6 Å². The molecule has 0 atom stereocenters. The second kappa shape index (κ2) is 7.31. The van der Waals surface area contributed by atoms with Gasteiger partial charge in [-0.2, -0.15) is 0 Å². The zero-order valence-electron chi connectivity index (χ0n) is 11.2. The number of oxime groups is 1. The van der Waals surface area contributed by atoms with Crippen molar-refractivity contribution in [2.45, 2.75) is 13.1 Å². The van der Waals surface area contributed by atoms with Crippen LogP contribution in [0.1, 0.15) is 16.7 Å². The summed E-state index contributed by atoms with van der Waals surface area (Å²) < 4.78 is 0. The molecular formula is C15H15Cl2N3O. The Morgan fingerprint density at radius 1 is 1.05 bits per heavy atom. The summed E-state index contributed by atoms with van der Waals surface area (Å²) in [5.74, 6) is 0.0347. The molecule has 0 aliphatic heterocycles. The van der Waals surface area contributed by atoms with E-state index in [9.17, 15) is 0 Å². The highest BCUT2D eigenvalue weighted by Crippen LogP contribution is 2.19. The van der Waals surface area contributed by atoms with Crippen LogP contribution in [0.2, 0.25) is 10.0 Å². The van der Waals surface area contributed by atoms with Crippen LogP contribution >= 0.6 is 23.2 Å². The molecule has 0 aliphatic rings. The molecule has 0 spiro atoms. The second-order valence-electron chi connectivity index (χ2n) is 4.49. The number of nitrogens with zero attached hydrogens (tertiary/aromatic N) is 1. The Kier molecular flexibility index (Phi) is 5.44. The van der Waals surface area contributed by atoms with Gasteiger partial charge in [0, 0.05) is 28.7 Å². The quantitative estimate of drug-likeness (QED) is 0.342. The van der Waals surface area contributed by atoms with Crippen LogP contribution in [0.4, 0.5) is 0 Å². The molecule has 0 aromatic heterocycles. The first-order valence-electron chi connectivity index (χ1n) is 6.32. The van der Waals surface area contributed by atoms with Gasteiger partial charge < -0.3 is 16.3 Å². The molecule has 4 nitrogen and oxygen atoms in total. The maximum atomic E-state index is 8.64. The molecule has 2 aromatic carbocycles. The molecule has 2 aromatic rings. The standard InChI is InChI=1S/C15H15Cl2N3O/c16-13-4-2-1-3-11(13)8-19-9-12-6-5-10(7-14(12)17)15(18)20-21/h1-7,19,21H,8-9H2,(H2,18,20). The lowest BCUT2D eigenvalue weighted by Crippen LogP contribution is -2.15. The fourth-order valence-corrected chi connectivity index (χ4v) is 2.33. The van der Waals surface area contributed by atoms with Crippen molar-refractivity contribution in [1.82, 2.24) is 5.32 Å². The maximum absolute atomic E-state index is 8.64.